The molecule has 2 saturated heterocycles. The topological polar surface area (TPSA) is 54.4 Å². The minimum absolute atomic E-state index is 0.156. The van der Waals surface area contributed by atoms with Crippen molar-refractivity contribution in [3.63, 3.8) is 0 Å². The number of nitrogens with zero attached hydrogens (tertiary/aromatic N) is 5. The highest BCUT2D eigenvalue weighted by molar-refractivity contribution is 5.80. The Morgan fingerprint density at radius 2 is 1.52 bits per heavy atom. The second-order valence-electron chi connectivity index (χ2n) is 8.06. The highest BCUT2D eigenvalue weighted by atomic mass is 16.2. The standard InChI is InChI=1S/C22H36N6O/c1-4-23-22(28-15-13-27(14-16-28)19(2)29)24-17-20-5-7-21(8-6-20)18-26-11-9-25(3)10-12-26/h5-8H,4,9-18H2,1-3H3,(H,23,24). The number of hydrogen-bond donors (Lipinski definition) is 1. The van der Waals surface area contributed by atoms with Crippen LogP contribution in [0, 0.1) is 0 Å². The Bertz CT molecular complexity index is 673. The van der Waals surface area contributed by atoms with Crippen LogP contribution in [0.25, 0.3) is 0 Å². The number of amides is 1. The molecule has 1 amide bonds. The van der Waals surface area contributed by atoms with Gasteiger partial charge in [0.15, 0.2) is 5.96 Å². The van der Waals surface area contributed by atoms with Gasteiger partial charge in [-0.25, -0.2) is 4.99 Å². The lowest BCUT2D eigenvalue weighted by molar-refractivity contribution is -0.130. The summed E-state index contributed by atoms with van der Waals surface area (Å²) in [5.41, 5.74) is 2.60. The van der Waals surface area contributed by atoms with Crippen LogP contribution >= 0.6 is 0 Å². The fourth-order valence-electron chi connectivity index (χ4n) is 3.84. The summed E-state index contributed by atoms with van der Waals surface area (Å²) in [5, 5.41) is 3.40. The summed E-state index contributed by atoms with van der Waals surface area (Å²) in [4.78, 5) is 25.4. The summed E-state index contributed by atoms with van der Waals surface area (Å²) in [6.45, 7) is 14.1. The maximum absolute atomic E-state index is 11.5. The number of nitrogens with one attached hydrogen (secondary N) is 1. The molecule has 2 fully saturated rings. The van der Waals surface area contributed by atoms with Crippen LogP contribution in [-0.4, -0.2) is 97.4 Å². The number of piperazine rings is 2. The van der Waals surface area contributed by atoms with E-state index in [1.807, 2.05) is 4.90 Å². The smallest absolute Gasteiger partial charge is 0.219 e. The van der Waals surface area contributed by atoms with E-state index in [9.17, 15) is 4.79 Å². The lowest BCUT2D eigenvalue weighted by atomic mass is 10.1. The molecule has 0 spiro atoms. The first-order valence-corrected chi connectivity index (χ1v) is 10.8. The van der Waals surface area contributed by atoms with Crippen molar-refractivity contribution in [3.8, 4) is 0 Å². The van der Waals surface area contributed by atoms with Gasteiger partial charge < -0.3 is 20.0 Å². The lowest BCUT2D eigenvalue weighted by Crippen LogP contribution is -2.53. The minimum atomic E-state index is 0.156. The summed E-state index contributed by atoms with van der Waals surface area (Å²) in [5.74, 6) is 1.10. The highest BCUT2D eigenvalue weighted by Gasteiger charge is 2.20. The Morgan fingerprint density at radius 3 is 2.10 bits per heavy atom. The molecule has 0 aliphatic carbocycles. The fraction of sp³-hybridized carbons (Fsp3) is 0.636. The quantitative estimate of drug-likeness (QED) is 0.592. The molecule has 7 nitrogen and oxygen atoms in total. The van der Waals surface area contributed by atoms with E-state index in [1.54, 1.807) is 6.92 Å². The second kappa shape index (κ2) is 10.6. The largest absolute Gasteiger partial charge is 0.357 e. The number of carbonyl (C=O) groups excluding carboxylic acids is 1. The average Bonchev–Trinajstić information content (AvgIpc) is 2.74. The van der Waals surface area contributed by atoms with Crippen molar-refractivity contribution in [3.05, 3.63) is 35.4 Å². The zero-order chi connectivity index (χ0) is 20.6. The molecule has 0 saturated carbocycles. The van der Waals surface area contributed by atoms with Gasteiger partial charge in [-0.15, -0.1) is 0 Å². The van der Waals surface area contributed by atoms with E-state index in [-0.39, 0.29) is 5.91 Å². The van der Waals surface area contributed by atoms with Crippen LogP contribution in [0.2, 0.25) is 0 Å². The molecule has 1 aromatic carbocycles. The molecule has 0 radical (unpaired) electrons. The number of carbonyl (C=O) groups is 1. The average molecular weight is 401 g/mol. The van der Waals surface area contributed by atoms with Gasteiger partial charge in [0.1, 0.15) is 0 Å². The van der Waals surface area contributed by atoms with Crippen LogP contribution in [0.3, 0.4) is 0 Å². The summed E-state index contributed by atoms with van der Waals surface area (Å²) in [6.07, 6.45) is 0. The fourth-order valence-corrected chi connectivity index (χ4v) is 3.84. The number of benzene rings is 1. The van der Waals surface area contributed by atoms with Crippen LogP contribution in [0.15, 0.2) is 29.3 Å². The van der Waals surface area contributed by atoms with E-state index in [2.05, 4.69) is 58.3 Å². The van der Waals surface area contributed by atoms with Crippen LogP contribution in [0.1, 0.15) is 25.0 Å². The third-order valence-corrected chi connectivity index (χ3v) is 5.80. The molecule has 1 N–H and O–H groups in total. The van der Waals surface area contributed by atoms with Gasteiger partial charge in [0.05, 0.1) is 6.54 Å². The van der Waals surface area contributed by atoms with Gasteiger partial charge in [-0.3, -0.25) is 9.69 Å². The maximum atomic E-state index is 11.5. The van der Waals surface area contributed by atoms with E-state index in [4.69, 9.17) is 4.99 Å². The molecule has 2 aliphatic rings. The van der Waals surface area contributed by atoms with E-state index in [0.717, 1.165) is 71.4 Å². The highest BCUT2D eigenvalue weighted by Crippen LogP contribution is 2.11. The third kappa shape index (κ3) is 6.44. The Labute approximate surface area is 175 Å². The maximum Gasteiger partial charge on any atom is 0.219 e. The Hall–Kier alpha value is -2.12. The summed E-state index contributed by atoms with van der Waals surface area (Å²) in [7, 11) is 2.19. The van der Waals surface area contributed by atoms with Crippen molar-refractivity contribution in [2.24, 2.45) is 4.99 Å². The van der Waals surface area contributed by atoms with Crippen LogP contribution < -0.4 is 5.32 Å². The number of rotatable bonds is 5. The first kappa shape index (κ1) is 21.6. The molecule has 160 valence electrons. The molecule has 0 atom stereocenters. The molecule has 0 bridgehead atoms. The van der Waals surface area contributed by atoms with Crippen molar-refractivity contribution in [1.29, 1.82) is 0 Å². The lowest BCUT2D eigenvalue weighted by Gasteiger charge is -2.36. The predicted molar refractivity (Wildman–Crippen MR) is 118 cm³/mol. The van der Waals surface area contributed by atoms with Crippen molar-refractivity contribution in [2.45, 2.75) is 26.9 Å². The molecule has 29 heavy (non-hydrogen) atoms. The number of likely N-dealkylation sites (N-methyl/N-ethyl adjacent to an activating group) is 1. The van der Waals surface area contributed by atoms with E-state index in [0.29, 0.717) is 6.54 Å². The first-order valence-electron chi connectivity index (χ1n) is 10.8. The van der Waals surface area contributed by atoms with Crippen molar-refractivity contribution in [1.82, 2.24) is 24.9 Å². The third-order valence-electron chi connectivity index (χ3n) is 5.80. The first-order chi connectivity index (χ1) is 14.0. The molecular formula is C22H36N6O. The SMILES string of the molecule is CCNC(=NCc1ccc(CN2CCN(C)CC2)cc1)N1CCN(C(C)=O)CC1. The summed E-state index contributed by atoms with van der Waals surface area (Å²) >= 11 is 0. The Morgan fingerprint density at radius 1 is 0.931 bits per heavy atom. The van der Waals surface area contributed by atoms with Crippen molar-refractivity contribution < 1.29 is 4.79 Å². The minimum Gasteiger partial charge on any atom is -0.357 e. The molecule has 0 aromatic heterocycles. The van der Waals surface area contributed by atoms with Gasteiger partial charge >= 0.3 is 0 Å². The van der Waals surface area contributed by atoms with Gasteiger partial charge in [-0.1, -0.05) is 24.3 Å². The van der Waals surface area contributed by atoms with Crippen LogP contribution in [0.4, 0.5) is 0 Å². The summed E-state index contributed by atoms with van der Waals surface area (Å²) in [6, 6.07) is 8.88. The molecule has 0 unspecified atom stereocenters. The van der Waals surface area contributed by atoms with Gasteiger partial charge in [0.2, 0.25) is 5.91 Å². The molecule has 2 heterocycles. The summed E-state index contributed by atoms with van der Waals surface area (Å²) < 4.78 is 0. The predicted octanol–water partition coefficient (Wildman–Crippen LogP) is 1.06. The number of aliphatic imine (C=N–C) groups is 1. The van der Waals surface area contributed by atoms with E-state index >= 15 is 0 Å². The molecule has 7 heteroatoms. The molecule has 2 aliphatic heterocycles. The normalized spacial score (nSPS) is 19.5. The van der Waals surface area contributed by atoms with Gasteiger partial charge in [-0.2, -0.15) is 0 Å². The monoisotopic (exact) mass is 400 g/mol. The molecule has 1 aromatic rings. The van der Waals surface area contributed by atoms with Gasteiger partial charge in [0, 0.05) is 72.4 Å². The van der Waals surface area contributed by atoms with E-state index < -0.39 is 0 Å². The Balaban J connectivity index is 1.53. The van der Waals surface area contributed by atoms with Crippen LogP contribution in [0.5, 0.6) is 0 Å². The van der Waals surface area contributed by atoms with E-state index in [1.165, 1.54) is 11.1 Å². The number of guanidine groups is 1. The van der Waals surface area contributed by atoms with Crippen molar-refractivity contribution >= 4 is 11.9 Å². The molecular weight excluding hydrogens is 364 g/mol. The van der Waals surface area contributed by atoms with Crippen LogP contribution in [-0.2, 0) is 17.9 Å². The van der Waals surface area contributed by atoms with Gasteiger partial charge in [0.25, 0.3) is 0 Å². The second-order valence-corrected chi connectivity index (χ2v) is 8.06. The Kier molecular flexibility index (Phi) is 7.89. The zero-order valence-corrected chi connectivity index (χ0v) is 18.2. The molecule has 3 rings (SSSR count). The van der Waals surface area contributed by atoms with Gasteiger partial charge in [-0.05, 0) is 25.1 Å². The number of hydrogen-bond acceptors (Lipinski definition) is 4. The van der Waals surface area contributed by atoms with Crippen molar-refractivity contribution in [2.75, 3.05) is 66.0 Å². The zero-order valence-electron chi connectivity index (χ0n) is 18.2.